The lowest BCUT2D eigenvalue weighted by Gasteiger charge is -2.10. The van der Waals surface area contributed by atoms with Crippen LogP contribution in [0.2, 0.25) is 0 Å². The highest BCUT2D eigenvalue weighted by Crippen LogP contribution is 2.22. The van der Waals surface area contributed by atoms with E-state index in [9.17, 15) is 36.7 Å². The summed E-state index contributed by atoms with van der Waals surface area (Å²) in [5.74, 6) is -3.21. The summed E-state index contributed by atoms with van der Waals surface area (Å²) in [6.45, 7) is 0. The number of urea groups is 1. The molecule has 12 nitrogen and oxygen atoms in total. The normalized spacial score (nSPS) is 10.3. The van der Waals surface area contributed by atoms with Gasteiger partial charge >= 0.3 is 6.03 Å². The van der Waals surface area contributed by atoms with Crippen LogP contribution in [0.4, 0.5) is 45.1 Å². The Bertz CT molecular complexity index is 2940. The molecule has 0 saturated carbocycles. The van der Waals surface area contributed by atoms with Gasteiger partial charge in [-0.2, -0.15) is 4.99 Å². The van der Waals surface area contributed by atoms with E-state index in [0.717, 1.165) is 18.2 Å². The fraction of sp³-hybridized carbons (Fsp3) is 0. The molecule has 0 radical (unpaired) electrons. The number of halogens is 4. The summed E-state index contributed by atoms with van der Waals surface area (Å²) in [7, 11) is 0. The Morgan fingerprint density at radius 1 is 0.533 bits per heavy atom. The molecule has 0 atom stereocenters. The Balaban J connectivity index is 0.000000172. The van der Waals surface area contributed by atoms with Gasteiger partial charge in [0.05, 0.1) is 38.9 Å². The van der Waals surface area contributed by atoms with Crippen molar-refractivity contribution >= 4 is 68.5 Å². The van der Waals surface area contributed by atoms with Crippen LogP contribution in [-0.4, -0.2) is 43.6 Å². The Labute approximate surface area is 337 Å². The highest BCUT2D eigenvalue weighted by atomic mass is 19.1. The average Bonchev–Trinajstić information content (AvgIpc) is 3.25. The van der Waals surface area contributed by atoms with Gasteiger partial charge < -0.3 is 16.4 Å². The number of aromatic nitrogens is 4. The molecule has 0 unspecified atom stereocenters. The number of anilines is 3. The largest absolute Gasteiger partial charge is 0.399 e. The van der Waals surface area contributed by atoms with Gasteiger partial charge in [-0.15, -0.1) is 0 Å². The standard InChI is InChI=1S/C22H14F2N4O2.C15H10FN3O.C7H4FNO/c23-14-2-1-3-15(11-14)27-22(30)28-16-5-6-18(24)17(12-16)21(29)13-4-7-19-20(10-13)26-9-8-25-19;16-12-3-2-10(17)8-11(12)15(20)9-1-4-13-14(7-9)19-6-5-18-13;8-6-2-1-3-7(4-6)9-5-10/h1-12H,(H2,27,28,30);1-8H,17H2;1-4H. The average molecular weight is 809 g/mol. The van der Waals surface area contributed by atoms with Crippen LogP contribution >= 0.6 is 0 Å². The van der Waals surface area contributed by atoms with E-state index in [0.29, 0.717) is 33.3 Å². The Hall–Kier alpha value is -8.49. The number of nitrogens with zero attached hydrogens (tertiary/aromatic N) is 5. The van der Waals surface area contributed by atoms with Crippen LogP contribution in [0, 0.1) is 23.3 Å². The molecular weight excluding hydrogens is 781 g/mol. The van der Waals surface area contributed by atoms with Crippen LogP contribution in [0.15, 0.2) is 151 Å². The van der Waals surface area contributed by atoms with Gasteiger partial charge in [0, 0.05) is 59.0 Å². The number of ketones is 2. The Kier molecular flexibility index (Phi) is 13.1. The molecule has 2 amide bonds. The number of hydrogen-bond donors (Lipinski definition) is 3. The molecule has 8 rings (SSSR count). The molecule has 0 spiro atoms. The molecule has 8 aromatic rings. The quantitative estimate of drug-likeness (QED) is 0.0465. The van der Waals surface area contributed by atoms with Crippen LogP contribution in [0.3, 0.4) is 0 Å². The van der Waals surface area contributed by atoms with E-state index >= 15 is 0 Å². The van der Waals surface area contributed by atoms with Gasteiger partial charge in [-0.25, -0.2) is 27.2 Å². The number of amides is 2. The highest BCUT2D eigenvalue weighted by molar-refractivity contribution is 6.12. The third kappa shape index (κ3) is 10.7. The van der Waals surface area contributed by atoms with Gasteiger partial charge in [-0.05, 0) is 103 Å². The van der Waals surface area contributed by atoms with Crippen molar-refractivity contribution in [2.45, 2.75) is 0 Å². The van der Waals surface area contributed by atoms with E-state index in [-0.39, 0.29) is 33.8 Å². The molecule has 60 heavy (non-hydrogen) atoms. The fourth-order valence-corrected chi connectivity index (χ4v) is 5.47. The minimum Gasteiger partial charge on any atom is -0.399 e. The number of nitrogen functional groups attached to an aromatic ring is 1. The first-order chi connectivity index (χ1) is 29.0. The van der Waals surface area contributed by atoms with Crippen molar-refractivity contribution in [2.75, 3.05) is 16.4 Å². The zero-order valence-electron chi connectivity index (χ0n) is 30.8. The number of fused-ring (bicyclic) bond motifs is 2. The molecular formula is C44H28F4N8O4. The third-order valence-electron chi connectivity index (χ3n) is 8.23. The van der Waals surface area contributed by atoms with E-state index in [1.807, 2.05) is 0 Å². The van der Waals surface area contributed by atoms with Crippen LogP contribution < -0.4 is 16.4 Å². The lowest BCUT2D eigenvalue weighted by atomic mass is 10.0. The third-order valence-corrected chi connectivity index (χ3v) is 8.23. The van der Waals surface area contributed by atoms with Crippen molar-refractivity contribution in [2.24, 2.45) is 4.99 Å². The maximum Gasteiger partial charge on any atom is 0.323 e. The maximum absolute atomic E-state index is 14.3. The number of carbonyl (C=O) groups excluding carboxylic acids is 4. The molecule has 16 heteroatoms. The van der Waals surface area contributed by atoms with Gasteiger partial charge in [0.1, 0.15) is 23.3 Å². The summed E-state index contributed by atoms with van der Waals surface area (Å²) >= 11 is 0. The second kappa shape index (κ2) is 19.1. The number of isocyanates is 1. The molecule has 0 fully saturated rings. The number of hydrogen-bond acceptors (Lipinski definition) is 10. The highest BCUT2D eigenvalue weighted by Gasteiger charge is 2.17. The van der Waals surface area contributed by atoms with Gasteiger partial charge in [0.2, 0.25) is 6.08 Å². The summed E-state index contributed by atoms with van der Waals surface area (Å²) < 4.78 is 53.6. The number of rotatable bonds is 7. The second-order valence-corrected chi connectivity index (χ2v) is 12.4. The topological polar surface area (TPSA) is 182 Å². The molecule has 0 bridgehead atoms. The van der Waals surface area contributed by atoms with Crippen molar-refractivity contribution in [1.29, 1.82) is 0 Å². The van der Waals surface area contributed by atoms with Crippen molar-refractivity contribution in [3.05, 3.63) is 192 Å². The van der Waals surface area contributed by atoms with E-state index < -0.39 is 40.9 Å². The van der Waals surface area contributed by atoms with Crippen molar-refractivity contribution in [3.63, 3.8) is 0 Å². The molecule has 0 aliphatic carbocycles. The summed E-state index contributed by atoms with van der Waals surface area (Å²) in [6, 6.07) is 27.3. The van der Waals surface area contributed by atoms with Crippen molar-refractivity contribution in [3.8, 4) is 0 Å². The van der Waals surface area contributed by atoms with Gasteiger partial charge in [0.15, 0.2) is 11.6 Å². The molecule has 2 heterocycles. The zero-order chi connectivity index (χ0) is 42.6. The number of carbonyl (C=O) groups is 3. The Morgan fingerprint density at radius 2 is 1.03 bits per heavy atom. The smallest absolute Gasteiger partial charge is 0.323 e. The first kappa shape index (κ1) is 41.2. The first-order valence-electron chi connectivity index (χ1n) is 17.5. The summed E-state index contributed by atoms with van der Waals surface area (Å²) in [5.41, 5.74) is 9.39. The second-order valence-electron chi connectivity index (χ2n) is 12.4. The fourth-order valence-electron chi connectivity index (χ4n) is 5.47. The van der Waals surface area contributed by atoms with E-state index in [1.165, 1.54) is 104 Å². The van der Waals surface area contributed by atoms with Crippen LogP contribution in [0.1, 0.15) is 31.8 Å². The van der Waals surface area contributed by atoms with Crippen LogP contribution in [0.25, 0.3) is 22.1 Å². The first-order valence-corrected chi connectivity index (χ1v) is 17.5. The number of nitrogens with one attached hydrogen (secondary N) is 2. The molecule has 6 aromatic carbocycles. The van der Waals surface area contributed by atoms with Gasteiger partial charge in [-0.3, -0.25) is 29.5 Å². The minimum absolute atomic E-state index is 0.0479. The maximum atomic E-state index is 14.3. The zero-order valence-corrected chi connectivity index (χ0v) is 30.8. The molecule has 4 N–H and O–H groups in total. The lowest BCUT2D eigenvalue weighted by Crippen LogP contribution is -2.20. The van der Waals surface area contributed by atoms with Crippen LogP contribution in [-0.2, 0) is 4.79 Å². The predicted octanol–water partition coefficient (Wildman–Crippen LogP) is 9.16. The predicted molar refractivity (Wildman–Crippen MR) is 216 cm³/mol. The summed E-state index contributed by atoms with van der Waals surface area (Å²) in [5, 5.41) is 4.96. The number of benzene rings is 6. The summed E-state index contributed by atoms with van der Waals surface area (Å²) in [6.07, 6.45) is 7.46. The van der Waals surface area contributed by atoms with Crippen LogP contribution in [0.5, 0.6) is 0 Å². The monoisotopic (exact) mass is 808 g/mol. The van der Waals surface area contributed by atoms with Gasteiger partial charge in [0.25, 0.3) is 0 Å². The Morgan fingerprint density at radius 3 is 1.58 bits per heavy atom. The van der Waals surface area contributed by atoms with E-state index in [4.69, 9.17) is 5.73 Å². The number of aliphatic imine (C=N–C) groups is 1. The molecule has 0 aliphatic heterocycles. The molecule has 0 saturated heterocycles. The van der Waals surface area contributed by atoms with E-state index in [1.54, 1.807) is 30.5 Å². The number of nitrogens with two attached hydrogens (primary N) is 1. The summed E-state index contributed by atoms with van der Waals surface area (Å²) in [4.78, 5) is 66.7. The lowest BCUT2D eigenvalue weighted by molar-refractivity contribution is 0.102. The molecule has 0 aliphatic rings. The van der Waals surface area contributed by atoms with Gasteiger partial charge in [-0.1, -0.05) is 12.1 Å². The van der Waals surface area contributed by atoms with E-state index in [2.05, 4.69) is 35.6 Å². The minimum atomic E-state index is -0.727. The molecule has 296 valence electrons. The van der Waals surface area contributed by atoms with Crippen molar-refractivity contribution in [1.82, 2.24) is 19.9 Å². The van der Waals surface area contributed by atoms with Crippen molar-refractivity contribution < 1.29 is 36.7 Å². The SMILES string of the molecule is Nc1ccc(F)c(C(=O)c2ccc3nccnc3c2)c1.O=C(Nc1cccc(F)c1)Nc1ccc(F)c(C(=O)c2ccc3nccnc3c2)c1.O=C=Nc1cccc(F)c1. The molecule has 2 aromatic heterocycles.